The quantitative estimate of drug-likeness (QED) is 0.0967. The molecule has 6 atom stereocenters. The number of nitrogens with zero attached hydrogens (tertiary/aromatic N) is 2. The lowest BCUT2D eigenvalue weighted by molar-refractivity contribution is 0.251. The van der Waals surface area contributed by atoms with Gasteiger partial charge in [-0.3, -0.25) is 0 Å². The molecule has 0 saturated carbocycles. The van der Waals surface area contributed by atoms with E-state index in [1.54, 1.807) is 11.0 Å². The molecule has 2 nitrogen and oxygen atoms in total. The van der Waals surface area contributed by atoms with Gasteiger partial charge in [-0.2, -0.15) is 0 Å². The van der Waals surface area contributed by atoms with Crippen molar-refractivity contribution in [1.82, 2.24) is 0 Å². The van der Waals surface area contributed by atoms with Crippen LogP contribution in [0.1, 0.15) is 107 Å². The molecule has 6 aromatic carbocycles. The smallest absolute Gasteiger partial charge is 0.226 e. The molecule has 0 amide bonds. The highest BCUT2D eigenvalue weighted by atomic mass is 15.2. The monoisotopic (exact) mass is 883 g/mol. The maximum absolute atomic E-state index is 2.82. The van der Waals surface area contributed by atoms with E-state index in [-0.39, 0.29) is 40.2 Å². The Morgan fingerprint density at radius 3 is 1.94 bits per heavy atom. The van der Waals surface area contributed by atoms with E-state index in [1.165, 1.54) is 79.3 Å². The molecule has 13 rings (SSSR count). The zero-order chi connectivity index (χ0) is 46.3. The van der Waals surface area contributed by atoms with E-state index in [0.717, 1.165) is 12.8 Å². The number of allylic oxidation sites excluding steroid dienone is 9. The summed E-state index contributed by atoms with van der Waals surface area (Å²) in [6.07, 6.45) is 20.9. The summed E-state index contributed by atoms with van der Waals surface area (Å²) in [6, 6.07) is 56.2. The van der Waals surface area contributed by atoms with E-state index in [2.05, 4.69) is 246 Å². The van der Waals surface area contributed by atoms with Crippen LogP contribution in [-0.4, -0.2) is 12.8 Å². The van der Waals surface area contributed by atoms with Gasteiger partial charge in [0.2, 0.25) is 6.71 Å². The van der Waals surface area contributed by atoms with Gasteiger partial charge in [0.25, 0.3) is 0 Å². The van der Waals surface area contributed by atoms with E-state index in [4.69, 9.17) is 0 Å². The molecular formula is C65H63BN2. The van der Waals surface area contributed by atoms with Crippen molar-refractivity contribution in [3.63, 3.8) is 0 Å². The predicted molar refractivity (Wildman–Crippen MR) is 287 cm³/mol. The van der Waals surface area contributed by atoms with E-state index in [0.29, 0.717) is 17.8 Å². The van der Waals surface area contributed by atoms with Gasteiger partial charge in [0.05, 0.1) is 6.04 Å². The lowest BCUT2D eigenvalue weighted by Gasteiger charge is -2.51. The second-order valence-corrected chi connectivity index (χ2v) is 23.2. The van der Waals surface area contributed by atoms with Crippen molar-refractivity contribution >= 4 is 40.4 Å². The Balaban J connectivity index is 1.06. The number of rotatable bonds is 5. The Morgan fingerprint density at radius 1 is 0.603 bits per heavy atom. The Bertz CT molecular complexity index is 3120. The third-order valence-electron chi connectivity index (χ3n) is 18.6. The van der Waals surface area contributed by atoms with Gasteiger partial charge in [-0.15, -0.1) is 0 Å². The van der Waals surface area contributed by atoms with Crippen LogP contribution in [0.2, 0.25) is 5.82 Å². The topological polar surface area (TPSA) is 6.48 Å². The first-order chi connectivity index (χ1) is 32.9. The fourth-order valence-electron chi connectivity index (χ4n) is 14.4. The van der Waals surface area contributed by atoms with Gasteiger partial charge in [-0.05, 0) is 136 Å². The molecule has 0 spiro atoms. The minimum atomic E-state index is -0.322. The van der Waals surface area contributed by atoms with Crippen LogP contribution < -0.4 is 20.7 Å². The number of hydrogen-bond donors (Lipinski definition) is 0. The molecule has 7 aliphatic rings. The highest BCUT2D eigenvalue weighted by Gasteiger charge is 2.55. The van der Waals surface area contributed by atoms with Gasteiger partial charge in [0, 0.05) is 45.2 Å². The lowest BCUT2D eigenvalue weighted by atomic mass is 9.28. The van der Waals surface area contributed by atoms with Crippen molar-refractivity contribution in [3.8, 4) is 0 Å². The normalized spacial score (nSPS) is 25.8. The van der Waals surface area contributed by atoms with Gasteiger partial charge >= 0.3 is 0 Å². The Morgan fingerprint density at radius 2 is 1.25 bits per heavy atom. The van der Waals surface area contributed by atoms with Gasteiger partial charge in [0.1, 0.15) is 0 Å². The van der Waals surface area contributed by atoms with Crippen LogP contribution >= 0.6 is 0 Å². The standard InChI is InChI=1S/C65H63BN2/c1-62(2,3)46-31-35-56-52(38-46)53-39-50-41-55-61(53)68(56)59-28-18-27-58-60(59)66(55)54-40-49(65(7,44-23-15-10-16-24-44)48-26-17-25-47(37-48)63(50,4)5)32-36-57(54)67(58)51-33-29-45(30-34-51)64(6,42-19-11-8-12-20-42)43-21-13-9-14-22-43/h8-36,39,41,46-47,52,54,56H,37-38,40H2,1-7H3. The molecule has 0 radical (unpaired) electrons. The summed E-state index contributed by atoms with van der Waals surface area (Å²) < 4.78 is 0. The van der Waals surface area contributed by atoms with Crippen LogP contribution in [0.5, 0.6) is 0 Å². The maximum atomic E-state index is 2.82. The van der Waals surface area contributed by atoms with E-state index in [9.17, 15) is 0 Å². The summed E-state index contributed by atoms with van der Waals surface area (Å²) in [5, 5.41) is 0. The molecule has 4 heterocycles. The summed E-state index contributed by atoms with van der Waals surface area (Å²) in [5.74, 6) is 1.55. The fourth-order valence-corrected chi connectivity index (χ4v) is 14.4. The van der Waals surface area contributed by atoms with Gasteiger partial charge in [-0.1, -0.05) is 204 Å². The second-order valence-electron chi connectivity index (χ2n) is 23.2. The Kier molecular flexibility index (Phi) is 9.13. The average molecular weight is 883 g/mol. The molecule has 336 valence electrons. The Hall–Kier alpha value is -6.32. The molecule has 6 unspecified atom stereocenters. The van der Waals surface area contributed by atoms with Crippen molar-refractivity contribution in [2.45, 2.75) is 102 Å². The highest BCUT2D eigenvalue weighted by molar-refractivity contribution is 6.91. The summed E-state index contributed by atoms with van der Waals surface area (Å²) in [6.45, 7) is 17.6. The molecule has 3 heteroatoms. The predicted octanol–water partition coefficient (Wildman–Crippen LogP) is 14.7. The molecule has 6 bridgehead atoms. The summed E-state index contributed by atoms with van der Waals surface area (Å²) in [7, 11) is 0. The van der Waals surface area contributed by atoms with Gasteiger partial charge in [-0.25, -0.2) is 0 Å². The summed E-state index contributed by atoms with van der Waals surface area (Å²) in [5.41, 5.74) is 20.8. The SMILES string of the molecule is CC1(c2ccccc2)C2=CC=C3C(C2)B2c4cc(cc5c4N(c4cccc(c42)N3c2ccc(C(C)(c3ccccc3)c3ccccc3)cc2)C2C=CC(C(C)(C)C)CC52)C(C)(C)C2C=CC=C1C2. The van der Waals surface area contributed by atoms with Crippen LogP contribution in [0.4, 0.5) is 22.7 Å². The van der Waals surface area contributed by atoms with Crippen molar-refractivity contribution in [2.75, 3.05) is 9.80 Å². The Labute approximate surface area is 405 Å². The van der Waals surface area contributed by atoms with Gasteiger partial charge in [0.15, 0.2) is 0 Å². The molecule has 6 aromatic rings. The number of benzene rings is 6. The zero-order valence-corrected chi connectivity index (χ0v) is 40.9. The minimum Gasteiger partial charge on any atom is -0.335 e. The third-order valence-corrected chi connectivity index (χ3v) is 18.6. The number of fused-ring (bicyclic) bond motifs is 8. The van der Waals surface area contributed by atoms with E-state index >= 15 is 0 Å². The van der Waals surface area contributed by atoms with Crippen LogP contribution in [0.3, 0.4) is 0 Å². The van der Waals surface area contributed by atoms with Crippen LogP contribution in [-0.2, 0) is 16.2 Å². The molecular weight excluding hydrogens is 820 g/mol. The first-order valence-electron chi connectivity index (χ1n) is 25.5. The minimum absolute atomic E-state index is 0.0897. The second kappa shape index (κ2) is 14.8. The van der Waals surface area contributed by atoms with Crippen molar-refractivity contribution < 1.29 is 0 Å². The van der Waals surface area contributed by atoms with Crippen molar-refractivity contribution in [3.05, 3.63) is 238 Å². The lowest BCUT2D eigenvalue weighted by Crippen LogP contribution is -2.60. The van der Waals surface area contributed by atoms with E-state index in [1.807, 2.05) is 0 Å². The molecule has 68 heavy (non-hydrogen) atoms. The van der Waals surface area contributed by atoms with Crippen LogP contribution in [0.15, 0.2) is 205 Å². The molecule has 0 saturated heterocycles. The number of hydrogen-bond acceptors (Lipinski definition) is 2. The van der Waals surface area contributed by atoms with Gasteiger partial charge < -0.3 is 9.80 Å². The first-order valence-corrected chi connectivity index (χ1v) is 25.5. The van der Waals surface area contributed by atoms with E-state index < -0.39 is 0 Å². The average Bonchev–Trinajstić information content (AvgIpc) is 3.71. The highest BCUT2D eigenvalue weighted by Crippen LogP contribution is 2.60. The fraction of sp³-hybridized carbons (Fsp3) is 0.292. The summed E-state index contributed by atoms with van der Waals surface area (Å²) >= 11 is 0. The largest absolute Gasteiger partial charge is 0.335 e. The van der Waals surface area contributed by atoms with Crippen molar-refractivity contribution in [1.29, 1.82) is 0 Å². The van der Waals surface area contributed by atoms with Crippen molar-refractivity contribution in [2.24, 2.45) is 17.3 Å². The number of anilines is 4. The molecule has 3 aliphatic carbocycles. The third kappa shape index (κ3) is 5.84. The molecule has 0 N–H and O–H groups in total. The summed E-state index contributed by atoms with van der Waals surface area (Å²) in [4.78, 5) is 5.49. The zero-order valence-electron chi connectivity index (χ0n) is 40.9. The first kappa shape index (κ1) is 41.8. The molecule has 4 aliphatic heterocycles. The van der Waals surface area contributed by atoms with Crippen LogP contribution in [0.25, 0.3) is 0 Å². The maximum Gasteiger partial charge on any atom is 0.226 e. The van der Waals surface area contributed by atoms with Crippen LogP contribution in [0, 0.1) is 17.3 Å². The molecule has 0 fully saturated rings. The molecule has 0 aromatic heterocycles.